The van der Waals surface area contributed by atoms with Crippen LogP contribution in [0.2, 0.25) is 5.02 Å². The van der Waals surface area contributed by atoms with Crippen molar-refractivity contribution in [1.29, 1.82) is 0 Å². The molecule has 0 aliphatic carbocycles. The fraction of sp³-hybridized carbons (Fsp3) is 0.250. The third-order valence-electron chi connectivity index (χ3n) is 3.03. The van der Waals surface area contributed by atoms with E-state index in [4.69, 9.17) is 22.1 Å². The van der Waals surface area contributed by atoms with Crippen LogP contribution in [0.4, 0.5) is 0 Å². The molecule has 106 valence electrons. The highest BCUT2D eigenvalue weighted by Crippen LogP contribution is 2.26. The Morgan fingerprint density at radius 2 is 1.95 bits per heavy atom. The molecule has 2 aromatic carbocycles. The van der Waals surface area contributed by atoms with E-state index in [1.807, 2.05) is 55.5 Å². The lowest BCUT2D eigenvalue weighted by Gasteiger charge is -2.22. The lowest BCUT2D eigenvalue weighted by atomic mass is 10.0. The lowest BCUT2D eigenvalue weighted by Crippen LogP contribution is -2.27. The highest BCUT2D eigenvalue weighted by Gasteiger charge is 2.17. The molecule has 0 aliphatic heterocycles. The summed E-state index contributed by atoms with van der Waals surface area (Å²) in [6.45, 7) is 2.39. The molecule has 0 saturated heterocycles. The molecule has 0 radical (unpaired) electrons. The van der Waals surface area contributed by atoms with Crippen LogP contribution in [0.15, 0.2) is 53.0 Å². The van der Waals surface area contributed by atoms with Crippen molar-refractivity contribution in [2.75, 3.05) is 0 Å². The first kappa shape index (κ1) is 15.5. The molecule has 20 heavy (non-hydrogen) atoms. The summed E-state index contributed by atoms with van der Waals surface area (Å²) in [5, 5.41) is 0.713. The molecule has 2 aromatic rings. The van der Waals surface area contributed by atoms with Crippen LogP contribution in [0.25, 0.3) is 0 Å². The first-order valence-electron chi connectivity index (χ1n) is 6.44. The Morgan fingerprint density at radius 3 is 2.60 bits per heavy atom. The normalized spacial score (nSPS) is 14.0. The van der Waals surface area contributed by atoms with E-state index in [2.05, 4.69) is 15.9 Å². The molecule has 4 heteroatoms. The predicted octanol–water partition coefficient (Wildman–Crippen LogP) is 4.71. The Labute approximate surface area is 133 Å². The Hall–Kier alpha value is -0.870. The van der Waals surface area contributed by atoms with E-state index in [-0.39, 0.29) is 12.1 Å². The molecular formula is C16H17BrClNO. The topological polar surface area (TPSA) is 35.2 Å². The Balaban J connectivity index is 2.13. The molecule has 2 rings (SSSR count). The molecular weight excluding hydrogens is 338 g/mol. The van der Waals surface area contributed by atoms with Gasteiger partial charge < -0.3 is 10.5 Å². The van der Waals surface area contributed by atoms with Crippen molar-refractivity contribution in [3.63, 3.8) is 0 Å². The summed E-state index contributed by atoms with van der Waals surface area (Å²) in [5.41, 5.74) is 8.07. The van der Waals surface area contributed by atoms with Crippen molar-refractivity contribution in [3.8, 4) is 0 Å². The van der Waals surface area contributed by atoms with E-state index in [0.29, 0.717) is 11.6 Å². The Kier molecular flexibility index (Phi) is 5.61. The molecule has 2 unspecified atom stereocenters. The van der Waals surface area contributed by atoms with E-state index < -0.39 is 0 Å². The second-order valence-electron chi connectivity index (χ2n) is 4.74. The molecule has 0 spiro atoms. The van der Waals surface area contributed by atoms with Crippen molar-refractivity contribution in [1.82, 2.24) is 0 Å². The van der Waals surface area contributed by atoms with Gasteiger partial charge in [-0.2, -0.15) is 0 Å². The van der Waals surface area contributed by atoms with Gasteiger partial charge in [0.05, 0.1) is 12.7 Å². The van der Waals surface area contributed by atoms with Gasteiger partial charge in [0.1, 0.15) is 0 Å². The van der Waals surface area contributed by atoms with Gasteiger partial charge in [0.25, 0.3) is 0 Å². The van der Waals surface area contributed by atoms with Crippen molar-refractivity contribution >= 4 is 27.5 Å². The SMILES string of the molecule is CC(N)C(OCc1ccccc1Cl)c1cccc(Br)c1. The number of halogens is 2. The van der Waals surface area contributed by atoms with Gasteiger partial charge in [-0.15, -0.1) is 0 Å². The predicted molar refractivity (Wildman–Crippen MR) is 86.8 cm³/mol. The molecule has 2 atom stereocenters. The molecule has 0 aliphatic rings. The molecule has 0 aromatic heterocycles. The largest absolute Gasteiger partial charge is 0.367 e. The van der Waals surface area contributed by atoms with Gasteiger partial charge in [-0.25, -0.2) is 0 Å². The number of nitrogens with two attached hydrogens (primary N) is 1. The third-order valence-corrected chi connectivity index (χ3v) is 3.89. The van der Waals surface area contributed by atoms with Crippen LogP contribution in [0, 0.1) is 0 Å². The Bertz CT molecular complexity index is 574. The standard InChI is InChI=1S/C16H17BrClNO/c1-11(19)16(12-6-4-7-14(17)9-12)20-10-13-5-2-3-8-15(13)18/h2-9,11,16H,10,19H2,1H3. The van der Waals surface area contributed by atoms with Crippen LogP contribution in [0.3, 0.4) is 0 Å². The monoisotopic (exact) mass is 353 g/mol. The third kappa shape index (κ3) is 4.06. The zero-order valence-electron chi connectivity index (χ0n) is 11.2. The van der Waals surface area contributed by atoms with Crippen LogP contribution >= 0.6 is 27.5 Å². The molecule has 0 amide bonds. The number of rotatable bonds is 5. The van der Waals surface area contributed by atoms with Gasteiger partial charge in [-0.1, -0.05) is 57.9 Å². The number of hydrogen-bond acceptors (Lipinski definition) is 2. The molecule has 2 N–H and O–H groups in total. The molecule has 0 saturated carbocycles. The molecule has 2 nitrogen and oxygen atoms in total. The van der Waals surface area contributed by atoms with E-state index >= 15 is 0 Å². The maximum Gasteiger partial charge on any atom is 0.0977 e. The highest BCUT2D eigenvalue weighted by molar-refractivity contribution is 9.10. The lowest BCUT2D eigenvalue weighted by molar-refractivity contribution is 0.0259. The minimum absolute atomic E-state index is 0.105. The van der Waals surface area contributed by atoms with Crippen molar-refractivity contribution in [2.24, 2.45) is 5.73 Å². The average Bonchev–Trinajstić information content (AvgIpc) is 2.41. The van der Waals surface area contributed by atoms with E-state index in [1.165, 1.54) is 0 Å². The summed E-state index contributed by atoms with van der Waals surface area (Å²) in [7, 11) is 0. The fourth-order valence-corrected chi connectivity index (χ4v) is 2.64. The van der Waals surface area contributed by atoms with Gasteiger partial charge in [0.2, 0.25) is 0 Å². The van der Waals surface area contributed by atoms with Crippen molar-refractivity contribution in [2.45, 2.75) is 25.7 Å². The van der Waals surface area contributed by atoms with Crippen LogP contribution in [-0.2, 0) is 11.3 Å². The van der Waals surface area contributed by atoms with Crippen molar-refractivity contribution < 1.29 is 4.74 Å². The van der Waals surface area contributed by atoms with Crippen LogP contribution in [0.1, 0.15) is 24.2 Å². The maximum absolute atomic E-state index is 6.14. The number of hydrogen-bond donors (Lipinski definition) is 1. The number of benzene rings is 2. The van der Waals surface area contributed by atoms with Gasteiger partial charge in [-0.3, -0.25) is 0 Å². The zero-order valence-corrected chi connectivity index (χ0v) is 13.6. The first-order chi connectivity index (χ1) is 9.58. The molecule has 0 bridgehead atoms. The first-order valence-corrected chi connectivity index (χ1v) is 7.61. The van der Waals surface area contributed by atoms with Crippen LogP contribution in [-0.4, -0.2) is 6.04 Å². The second-order valence-corrected chi connectivity index (χ2v) is 6.06. The second kappa shape index (κ2) is 7.23. The maximum atomic E-state index is 6.14. The van der Waals surface area contributed by atoms with E-state index in [9.17, 15) is 0 Å². The minimum atomic E-state index is -0.163. The quantitative estimate of drug-likeness (QED) is 0.844. The Morgan fingerprint density at radius 1 is 1.20 bits per heavy atom. The summed E-state index contributed by atoms with van der Waals surface area (Å²) >= 11 is 9.61. The van der Waals surface area contributed by atoms with Gasteiger partial charge >= 0.3 is 0 Å². The van der Waals surface area contributed by atoms with Crippen LogP contribution in [0.5, 0.6) is 0 Å². The summed E-state index contributed by atoms with van der Waals surface area (Å²) in [4.78, 5) is 0. The van der Waals surface area contributed by atoms with Crippen molar-refractivity contribution in [3.05, 3.63) is 69.2 Å². The zero-order chi connectivity index (χ0) is 14.5. The van der Waals surface area contributed by atoms with E-state index in [0.717, 1.165) is 15.6 Å². The van der Waals surface area contributed by atoms with Gasteiger partial charge in [0.15, 0.2) is 0 Å². The summed E-state index contributed by atoms with van der Waals surface area (Å²) in [5.74, 6) is 0. The summed E-state index contributed by atoms with van der Waals surface area (Å²) in [6, 6.07) is 15.6. The minimum Gasteiger partial charge on any atom is -0.367 e. The van der Waals surface area contributed by atoms with Crippen LogP contribution < -0.4 is 5.73 Å². The molecule has 0 fully saturated rings. The average molecular weight is 355 g/mol. The van der Waals surface area contributed by atoms with E-state index in [1.54, 1.807) is 0 Å². The summed E-state index contributed by atoms with van der Waals surface area (Å²) in [6.07, 6.45) is -0.163. The highest BCUT2D eigenvalue weighted by atomic mass is 79.9. The number of ether oxygens (including phenoxy) is 1. The van der Waals surface area contributed by atoms with Gasteiger partial charge in [-0.05, 0) is 36.2 Å². The molecule has 0 heterocycles. The fourth-order valence-electron chi connectivity index (χ4n) is 2.03. The summed E-state index contributed by atoms with van der Waals surface area (Å²) < 4.78 is 7.00. The smallest absolute Gasteiger partial charge is 0.0977 e. The van der Waals surface area contributed by atoms with Gasteiger partial charge in [0, 0.05) is 15.5 Å².